The van der Waals surface area contributed by atoms with Crippen LogP contribution in [0.3, 0.4) is 0 Å². The number of ether oxygens (including phenoxy) is 2. The first-order chi connectivity index (χ1) is 12.8. The number of amides is 1. The first kappa shape index (κ1) is 20.8. The summed E-state index contributed by atoms with van der Waals surface area (Å²) >= 11 is 1.07. The summed E-state index contributed by atoms with van der Waals surface area (Å²) in [5.74, 6) is -0.106. The first-order valence-electron chi connectivity index (χ1n) is 8.33. The molecule has 0 aliphatic carbocycles. The number of hydrogen-bond acceptors (Lipinski definition) is 8. The second-order valence-electron chi connectivity index (χ2n) is 6.66. The van der Waals surface area contributed by atoms with Crippen LogP contribution in [0.1, 0.15) is 38.3 Å². The Morgan fingerprint density at radius 2 is 1.93 bits per heavy atom. The van der Waals surface area contributed by atoms with E-state index in [2.05, 4.69) is 20.3 Å². The number of hydrogen-bond donors (Lipinski definition) is 1. The Balaban J connectivity index is 2.12. The molecular formula is C18H23N3O5S. The molecule has 0 saturated carbocycles. The van der Waals surface area contributed by atoms with Gasteiger partial charge in [-0.05, 0) is 26.3 Å². The minimum atomic E-state index is -0.627. The van der Waals surface area contributed by atoms with Crippen molar-refractivity contribution in [3.63, 3.8) is 0 Å². The van der Waals surface area contributed by atoms with Crippen molar-refractivity contribution in [1.82, 2.24) is 15.5 Å². The van der Waals surface area contributed by atoms with Crippen LogP contribution in [0.4, 0.5) is 4.79 Å². The fourth-order valence-corrected chi connectivity index (χ4v) is 2.70. The molecular weight excluding hydrogens is 370 g/mol. The Morgan fingerprint density at radius 3 is 2.56 bits per heavy atom. The monoisotopic (exact) mass is 393 g/mol. The van der Waals surface area contributed by atoms with Crippen LogP contribution in [-0.2, 0) is 20.7 Å². The Kier molecular flexibility index (Phi) is 7.23. The van der Waals surface area contributed by atoms with E-state index in [1.807, 2.05) is 30.3 Å². The topological polar surface area (TPSA) is 104 Å². The van der Waals surface area contributed by atoms with Gasteiger partial charge in [0.25, 0.3) is 5.22 Å². The molecule has 0 aliphatic rings. The number of esters is 1. The second kappa shape index (κ2) is 9.40. The highest BCUT2D eigenvalue weighted by Crippen LogP contribution is 2.23. The number of benzene rings is 1. The zero-order chi connectivity index (χ0) is 19.9. The smallest absolute Gasteiger partial charge is 0.408 e. The molecule has 0 saturated heterocycles. The zero-order valence-electron chi connectivity index (χ0n) is 15.7. The molecule has 0 radical (unpaired) electrons. The van der Waals surface area contributed by atoms with E-state index in [4.69, 9.17) is 9.15 Å². The zero-order valence-corrected chi connectivity index (χ0v) is 16.5. The van der Waals surface area contributed by atoms with Crippen LogP contribution in [0.25, 0.3) is 0 Å². The molecule has 8 nitrogen and oxygen atoms in total. The summed E-state index contributed by atoms with van der Waals surface area (Å²) < 4.78 is 15.5. The standard InChI is InChI=1S/C18H23N3O5S/c1-18(2,3)26-16(23)19-13(10-12-8-6-5-7-9-12)15-20-21-17(25-15)27-11-14(22)24-4/h5-9,13H,10-11H2,1-4H3,(H,19,23)/t13-/m0/s1. The molecule has 27 heavy (non-hydrogen) atoms. The maximum absolute atomic E-state index is 12.2. The number of methoxy groups -OCH3 is 1. The highest BCUT2D eigenvalue weighted by Gasteiger charge is 2.25. The van der Waals surface area contributed by atoms with Crippen molar-refractivity contribution in [2.75, 3.05) is 12.9 Å². The third-order valence-electron chi connectivity index (χ3n) is 3.23. The van der Waals surface area contributed by atoms with E-state index in [-0.39, 0.29) is 16.9 Å². The average Bonchev–Trinajstić information content (AvgIpc) is 3.07. The molecule has 1 N–H and O–H groups in total. The van der Waals surface area contributed by atoms with E-state index in [0.29, 0.717) is 6.42 Å². The average molecular weight is 393 g/mol. The molecule has 0 fully saturated rings. The number of aromatic nitrogens is 2. The van der Waals surface area contributed by atoms with Crippen molar-refractivity contribution >= 4 is 23.8 Å². The van der Waals surface area contributed by atoms with Gasteiger partial charge in [0, 0.05) is 6.42 Å². The Morgan fingerprint density at radius 1 is 1.22 bits per heavy atom. The quantitative estimate of drug-likeness (QED) is 0.565. The number of nitrogens with zero attached hydrogens (tertiary/aromatic N) is 2. The normalized spacial score (nSPS) is 12.3. The van der Waals surface area contributed by atoms with Gasteiger partial charge in [-0.2, -0.15) is 0 Å². The van der Waals surface area contributed by atoms with Crippen molar-refractivity contribution < 1.29 is 23.5 Å². The molecule has 2 rings (SSSR count). The van der Waals surface area contributed by atoms with Crippen LogP contribution >= 0.6 is 11.8 Å². The summed E-state index contributed by atoms with van der Waals surface area (Å²) in [5.41, 5.74) is 0.359. The summed E-state index contributed by atoms with van der Waals surface area (Å²) in [6.07, 6.45) is -0.131. The SMILES string of the molecule is COC(=O)CSc1nnc([C@H](Cc2ccccc2)NC(=O)OC(C)(C)C)o1. The van der Waals surface area contributed by atoms with E-state index >= 15 is 0 Å². The lowest BCUT2D eigenvalue weighted by Gasteiger charge is -2.22. The van der Waals surface area contributed by atoms with Gasteiger partial charge in [-0.15, -0.1) is 10.2 Å². The third-order valence-corrected chi connectivity index (χ3v) is 4.03. The molecule has 1 aromatic carbocycles. The summed E-state index contributed by atoms with van der Waals surface area (Å²) in [4.78, 5) is 23.4. The fourth-order valence-electron chi connectivity index (χ4n) is 2.10. The maximum Gasteiger partial charge on any atom is 0.408 e. The molecule has 1 heterocycles. The molecule has 146 valence electrons. The van der Waals surface area contributed by atoms with Gasteiger partial charge in [-0.1, -0.05) is 42.1 Å². The summed E-state index contributed by atoms with van der Waals surface area (Å²) in [7, 11) is 1.31. The van der Waals surface area contributed by atoms with Crippen molar-refractivity contribution in [1.29, 1.82) is 0 Å². The van der Waals surface area contributed by atoms with Gasteiger partial charge < -0.3 is 19.2 Å². The Bertz CT molecular complexity index is 758. The van der Waals surface area contributed by atoms with Crippen LogP contribution in [0, 0.1) is 0 Å². The van der Waals surface area contributed by atoms with Gasteiger partial charge in [0.05, 0.1) is 7.11 Å². The van der Waals surface area contributed by atoms with Crippen molar-refractivity contribution in [2.24, 2.45) is 0 Å². The van der Waals surface area contributed by atoms with Crippen LogP contribution in [-0.4, -0.2) is 40.7 Å². The molecule has 0 unspecified atom stereocenters. The number of thioether (sulfide) groups is 1. The highest BCUT2D eigenvalue weighted by molar-refractivity contribution is 7.99. The lowest BCUT2D eigenvalue weighted by atomic mass is 10.1. The highest BCUT2D eigenvalue weighted by atomic mass is 32.2. The predicted molar refractivity (Wildman–Crippen MR) is 99.3 cm³/mol. The van der Waals surface area contributed by atoms with Crippen LogP contribution < -0.4 is 5.32 Å². The molecule has 0 spiro atoms. The largest absolute Gasteiger partial charge is 0.468 e. The van der Waals surface area contributed by atoms with Crippen molar-refractivity contribution in [3.8, 4) is 0 Å². The maximum atomic E-state index is 12.2. The number of alkyl carbamates (subject to hydrolysis) is 1. The van der Waals surface area contributed by atoms with Gasteiger partial charge in [0.15, 0.2) is 0 Å². The van der Waals surface area contributed by atoms with E-state index in [1.165, 1.54) is 7.11 Å². The molecule has 0 bridgehead atoms. The van der Waals surface area contributed by atoms with Gasteiger partial charge in [0.2, 0.25) is 5.89 Å². The summed E-state index contributed by atoms with van der Waals surface area (Å²) in [6, 6.07) is 9.03. The van der Waals surface area contributed by atoms with Crippen molar-refractivity contribution in [2.45, 2.75) is 44.1 Å². The van der Waals surface area contributed by atoms with E-state index in [0.717, 1.165) is 17.3 Å². The van der Waals surface area contributed by atoms with Crippen LogP contribution in [0.15, 0.2) is 40.0 Å². The lowest BCUT2D eigenvalue weighted by Crippen LogP contribution is -2.36. The molecule has 9 heteroatoms. The molecule has 0 aliphatic heterocycles. The number of carbonyl (C=O) groups is 2. The van der Waals surface area contributed by atoms with Crippen molar-refractivity contribution in [3.05, 3.63) is 41.8 Å². The molecule has 1 aromatic heterocycles. The lowest BCUT2D eigenvalue weighted by molar-refractivity contribution is -0.137. The first-order valence-corrected chi connectivity index (χ1v) is 9.32. The van der Waals surface area contributed by atoms with Gasteiger partial charge >= 0.3 is 12.1 Å². The third kappa shape index (κ3) is 7.30. The summed E-state index contributed by atoms with van der Waals surface area (Å²) in [6.45, 7) is 5.35. The number of nitrogens with one attached hydrogen (secondary N) is 1. The van der Waals surface area contributed by atoms with Crippen LogP contribution in [0.2, 0.25) is 0 Å². The molecule has 1 amide bonds. The minimum Gasteiger partial charge on any atom is -0.468 e. The predicted octanol–water partition coefficient (Wildman–Crippen LogP) is 3.14. The van der Waals surface area contributed by atoms with Gasteiger partial charge in [-0.25, -0.2) is 4.79 Å². The number of rotatable bonds is 7. The van der Waals surface area contributed by atoms with E-state index in [1.54, 1.807) is 20.8 Å². The summed E-state index contributed by atoms with van der Waals surface area (Å²) in [5, 5.41) is 10.9. The van der Waals surface area contributed by atoms with E-state index < -0.39 is 23.7 Å². The van der Waals surface area contributed by atoms with Crippen LogP contribution in [0.5, 0.6) is 0 Å². The number of carbonyl (C=O) groups excluding carboxylic acids is 2. The van der Waals surface area contributed by atoms with E-state index in [9.17, 15) is 9.59 Å². The second-order valence-corrected chi connectivity index (χ2v) is 7.59. The van der Waals surface area contributed by atoms with Gasteiger partial charge in [-0.3, -0.25) is 4.79 Å². The Labute approximate surface area is 162 Å². The van der Waals surface area contributed by atoms with Gasteiger partial charge in [0.1, 0.15) is 17.4 Å². The molecule has 2 aromatic rings. The molecule has 1 atom stereocenters. The Hall–Kier alpha value is -2.55. The fraction of sp³-hybridized carbons (Fsp3) is 0.444. The minimum absolute atomic E-state index is 0.0565.